The van der Waals surface area contributed by atoms with Crippen LogP contribution < -0.4 is 14.5 Å². The number of nitrogens with zero attached hydrogens (tertiary/aromatic N) is 2. The SMILES string of the molecule is CCOc1cccc(N2C(=O)C(c3cccs3)=C(N3CCCc4ccccc43)C2=O)c1. The Kier molecular flexibility index (Phi) is 5.08. The molecule has 5 rings (SSSR count). The Balaban J connectivity index is 1.64. The second-order valence-corrected chi connectivity index (χ2v) is 8.41. The Morgan fingerprint density at radius 2 is 1.87 bits per heavy atom. The van der Waals surface area contributed by atoms with Crippen LogP contribution in [0, 0.1) is 0 Å². The minimum absolute atomic E-state index is 0.292. The Hall–Kier alpha value is -3.38. The normalized spacial score (nSPS) is 16.2. The highest BCUT2D eigenvalue weighted by molar-refractivity contribution is 7.11. The number of carbonyl (C=O) groups is 2. The van der Waals surface area contributed by atoms with Gasteiger partial charge in [0.05, 0.1) is 17.9 Å². The summed E-state index contributed by atoms with van der Waals surface area (Å²) >= 11 is 1.47. The van der Waals surface area contributed by atoms with Crippen LogP contribution in [0.25, 0.3) is 5.57 Å². The highest BCUT2D eigenvalue weighted by atomic mass is 32.1. The number of hydrogen-bond acceptors (Lipinski definition) is 5. The topological polar surface area (TPSA) is 49.9 Å². The molecule has 3 aromatic rings. The molecule has 0 aliphatic carbocycles. The third-order valence-corrected chi connectivity index (χ3v) is 6.48. The molecule has 0 radical (unpaired) electrons. The summed E-state index contributed by atoms with van der Waals surface area (Å²) in [4.78, 5) is 31.5. The first-order chi connectivity index (χ1) is 15.2. The summed E-state index contributed by atoms with van der Waals surface area (Å²) < 4.78 is 5.59. The summed E-state index contributed by atoms with van der Waals surface area (Å²) in [6.07, 6.45) is 1.90. The number of para-hydroxylation sites is 1. The first-order valence-electron chi connectivity index (χ1n) is 10.4. The van der Waals surface area contributed by atoms with Gasteiger partial charge in [0.2, 0.25) is 0 Å². The Labute approximate surface area is 185 Å². The van der Waals surface area contributed by atoms with E-state index in [1.54, 1.807) is 18.2 Å². The van der Waals surface area contributed by atoms with Crippen molar-refractivity contribution in [3.63, 3.8) is 0 Å². The lowest BCUT2D eigenvalue weighted by atomic mass is 10.00. The molecular formula is C25H22N2O3S. The van der Waals surface area contributed by atoms with Crippen LogP contribution in [-0.4, -0.2) is 25.0 Å². The minimum Gasteiger partial charge on any atom is -0.494 e. The molecule has 3 heterocycles. The van der Waals surface area contributed by atoms with Crippen molar-refractivity contribution < 1.29 is 14.3 Å². The number of anilines is 2. The predicted molar refractivity (Wildman–Crippen MR) is 123 cm³/mol. The number of carbonyl (C=O) groups excluding carboxylic acids is 2. The lowest BCUT2D eigenvalue weighted by Gasteiger charge is -2.32. The van der Waals surface area contributed by atoms with Crippen LogP contribution in [0.3, 0.4) is 0 Å². The predicted octanol–water partition coefficient (Wildman–Crippen LogP) is 4.88. The number of ether oxygens (including phenoxy) is 1. The fourth-order valence-corrected chi connectivity index (χ4v) is 5.05. The van der Waals surface area contributed by atoms with Crippen molar-refractivity contribution in [3.8, 4) is 5.75 Å². The highest BCUT2D eigenvalue weighted by Crippen LogP contribution is 2.40. The van der Waals surface area contributed by atoms with Gasteiger partial charge in [-0.05, 0) is 55.0 Å². The average molecular weight is 431 g/mol. The maximum absolute atomic E-state index is 13.8. The zero-order valence-electron chi connectivity index (χ0n) is 17.2. The van der Waals surface area contributed by atoms with Crippen molar-refractivity contribution in [2.24, 2.45) is 0 Å². The maximum atomic E-state index is 13.8. The minimum atomic E-state index is -0.293. The molecule has 31 heavy (non-hydrogen) atoms. The van der Waals surface area contributed by atoms with E-state index in [2.05, 4.69) is 6.07 Å². The Bertz CT molecular complexity index is 1180. The molecule has 0 unspecified atom stereocenters. The molecule has 1 aromatic heterocycles. The van der Waals surface area contributed by atoms with Gasteiger partial charge in [0.1, 0.15) is 11.4 Å². The molecule has 2 aliphatic heterocycles. The Morgan fingerprint density at radius 3 is 2.68 bits per heavy atom. The van der Waals surface area contributed by atoms with Crippen LogP contribution in [-0.2, 0) is 16.0 Å². The third kappa shape index (κ3) is 3.33. The summed E-state index contributed by atoms with van der Waals surface area (Å²) in [7, 11) is 0. The van der Waals surface area contributed by atoms with Gasteiger partial charge in [-0.25, -0.2) is 4.90 Å². The van der Waals surface area contributed by atoms with E-state index >= 15 is 0 Å². The summed E-state index contributed by atoms with van der Waals surface area (Å²) in [5.41, 5.74) is 3.66. The van der Waals surface area contributed by atoms with E-state index in [4.69, 9.17) is 4.74 Å². The molecule has 0 fully saturated rings. The quantitative estimate of drug-likeness (QED) is 0.541. The number of imide groups is 1. The molecule has 0 saturated carbocycles. The van der Waals surface area contributed by atoms with Crippen molar-refractivity contribution in [1.29, 1.82) is 0 Å². The van der Waals surface area contributed by atoms with Gasteiger partial charge in [-0.2, -0.15) is 0 Å². The fourth-order valence-electron chi connectivity index (χ4n) is 4.29. The van der Waals surface area contributed by atoms with E-state index in [0.29, 0.717) is 35.9 Å². The lowest BCUT2D eigenvalue weighted by molar-refractivity contribution is -0.120. The van der Waals surface area contributed by atoms with E-state index in [1.807, 2.05) is 53.6 Å². The van der Waals surface area contributed by atoms with Gasteiger partial charge >= 0.3 is 0 Å². The molecule has 0 saturated heterocycles. The molecule has 2 amide bonds. The van der Waals surface area contributed by atoms with Gasteiger partial charge in [-0.15, -0.1) is 11.3 Å². The number of amides is 2. The largest absolute Gasteiger partial charge is 0.494 e. The number of thiophene rings is 1. The standard InChI is InChI=1S/C25H22N2O3S/c1-2-30-19-11-5-10-18(16-19)27-24(28)22(21-13-7-15-31-21)23(25(27)29)26-14-6-9-17-8-3-4-12-20(17)26/h3-5,7-8,10-13,15-16H,2,6,9,14H2,1H3. The highest BCUT2D eigenvalue weighted by Gasteiger charge is 2.44. The van der Waals surface area contributed by atoms with Crippen molar-refractivity contribution in [2.75, 3.05) is 23.0 Å². The summed E-state index contributed by atoms with van der Waals surface area (Å²) in [5.74, 6) is 0.0490. The van der Waals surface area contributed by atoms with E-state index < -0.39 is 0 Å². The monoisotopic (exact) mass is 430 g/mol. The van der Waals surface area contributed by atoms with Crippen LogP contribution in [0.15, 0.2) is 71.7 Å². The molecule has 2 aromatic carbocycles. The van der Waals surface area contributed by atoms with Gasteiger partial charge in [-0.3, -0.25) is 9.59 Å². The lowest BCUT2D eigenvalue weighted by Crippen LogP contribution is -2.37. The number of benzene rings is 2. The van der Waals surface area contributed by atoms with E-state index in [1.165, 1.54) is 21.8 Å². The number of rotatable bonds is 5. The zero-order chi connectivity index (χ0) is 21.4. The molecule has 156 valence electrons. The van der Waals surface area contributed by atoms with Gasteiger partial charge in [0.25, 0.3) is 11.8 Å². The van der Waals surface area contributed by atoms with Gasteiger partial charge in [0.15, 0.2) is 0 Å². The maximum Gasteiger partial charge on any atom is 0.282 e. The second kappa shape index (κ2) is 8.04. The van der Waals surface area contributed by atoms with Crippen molar-refractivity contribution in [3.05, 3.63) is 82.2 Å². The third-order valence-electron chi connectivity index (χ3n) is 5.59. The fraction of sp³-hybridized carbons (Fsp3) is 0.200. The van der Waals surface area contributed by atoms with Crippen LogP contribution >= 0.6 is 11.3 Å². The van der Waals surface area contributed by atoms with Crippen LogP contribution in [0.5, 0.6) is 5.75 Å². The van der Waals surface area contributed by atoms with E-state index in [0.717, 1.165) is 23.4 Å². The van der Waals surface area contributed by atoms with Crippen molar-refractivity contribution in [1.82, 2.24) is 0 Å². The number of hydrogen-bond donors (Lipinski definition) is 0. The molecule has 6 heteroatoms. The first-order valence-corrected chi connectivity index (χ1v) is 11.3. The molecule has 0 N–H and O–H groups in total. The molecular weight excluding hydrogens is 408 g/mol. The van der Waals surface area contributed by atoms with E-state index in [-0.39, 0.29) is 11.8 Å². The molecule has 0 spiro atoms. The number of fused-ring (bicyclic) bond motifs is 1. The van der Waals surface area contributed by atoms with Gasteiger partial charge in [-0.1, -0.05) is 30.3 Å². The van der Waals surface area contributed by atoms with Gasteiger partial charge < -0.3 is 9.64 Å². The van der Waals surface area contributed by atoms with E-state index in [9.17, 15) is 9.59 Å². The van der Waals surface area contributed by atoms with Crippen molar-refractivity contribution >= 4 is 40.1 Å². The van der Waals surface area contributed by atoms with Crippen LogP contribution in [0.2, 0.25) is 0 Å². The summed E-state index contributed by atoms with van der Waals surface area (Å²) in [6, 6.07) is 19.1. The summed E-state index contributed by atoms with van der Waals surface area (Å²) in [5, 5.41) is 1.93. The smallest absolute Gasteiger partial charge is 0.282 e. The zero-order valence-corrected chi connectivity index (χ0v) is 18.0. The molecule has 0 bridgehead atoms. The molecule has 5 nitrogen and oxygen atoms in total. The van der Waals surface area contributed by atoms with Gasteiger partial charge in [0, 0.05) is 23.2 Å². The van der Waals surface area contributed by atoms with Crippen molar-refractivity contribution in [2.45, 2.75) is 19.8 Å². The summed E-state index contributed by atoms with van der Waals surface area (Å²) in [6.45, 7) is 3.12. The van der Waals surface area contributed by atoms with Crippen LogP contribution in [0.1, 0.15) is 23.8 Å². The molecule has 0 atom stereocenters. The molecule has 2 aliphatic rings. The first kappa shape index (κ1) is 19.6. The average Bonchev–Trinajstić information content (AvgIpc) is 3.40. The second-order valence-electron chi connectivity index (χ2n) is 7.46. The Morgan fingerprint density at radius 1 is 1.00 bits per heavy atom. The van der Waals surface area contributed by atoms with Crippen LogP contribution in [0.4, 0.5) is 11.4 Å². The number of aryl methyl sites for hydroxylation is 1.